The maximum absolute atomic E-state index is 12.3. The van der Waals surface area contributed by atoms with Gasteiger partial charge in [0.05, 0.1) is 11.3 Å². The number of aliphatic carboxylic acids is 1. The van der Waals surface area contributed by atoms with Crippen LogP contribution in [0.1, 0.15) is 16.8 Å². The van der Waals surface area contributed by atoms with Crippen LogP contribution < -0.4 is 10.0 Å². The Hall–Kier alpha value is -2.40. The number of sulfonamides is 1. The molecule has 0 aliphatic heterocycles. The van der Waals surface area contributed by atoms with E-state index in [1.54, 1.807) is 5.32 Å². The maximum atomic E-state index is 12.3. The van der Waals surface area contributed by atoms with Gasteiger partial charge in [-0.1, -0.05) is 6.08 Å². The molecule has 11 heteroatoms. The van der Waals surface area contributed by atoms with Crippen molar-refractivity contribution in [2.75, 3.05) is 6.54 Å². The number of carbonyl (C=O) groups is 2. The Morgan fingerprint density at radius 3 is 2.24 bits per heavy atom. The molecule has 0 saturated heterocycles. The van der Waals surface area contributed by atoms with Gasteiger partial charge in [-0.2, -0.15) is 13.2 Å². The van der Waals surface area contributed by atoms with Gasteiger partial charge in [0.2, 0.25) is 10.0 Å². The van der Waals surface area contributed by atoms with Gasteiger partial charge in [0.25, 0.3) is 5.91 Å². The van der Waals surface area contributed by atoms with Crippen molar-refractivity contribution >= 4 is 21.9 Å². The molecule has 1 amide bonds. The van der Waals surface area contributed by atoms with Crippen molar-refractivity contribution < 1.29 is 36.3 Å². The number of halogens is 3. The Morgan fingerprint density at radius 2 is 1.80 bits per heavy atom. The third kappa shape index (κ3) is 6.55. The van der Waals surface area contributed by atoms with E-state index in [0.29, 0.717) is 0 Å². The van der Waals surface area contributed by atoms with Gasteiger partial charge in [0.15, 0.2) is 0 Å². The highest BCUT2D eigenvalue weighted by Crippen LogP contribution is 2.22. The molecule has 7 nitrogen and oxygen atoms in total. The third-order valence-electron chi connectivity index (χ3n) is 2.88. The minimum atomic E-state index is -4.77. The highest BCUT2D eigenvalue weighted by atomic mass is 32.2. The molecule has 0 aliphatic rings. The number of nitrogens with one attached hydrogen (secondary N) is 2. The largest absolute Gasteiger partial charge is 0.480 e. The van der Waals surface area contributed by atoms with Crippen molar-refractivity contribution in [2.45, 2.75) is 23.5 Å². The van der Waals surface area contributed by atoms with Crippen molar-refractivity contribution in [3.63, 3.8) is 0 Å². The summed E-state index contributed by atoms with van der Waals surface area (Å²) in [5.74, 6) is -2.90. The van der Waals surface area contributed by atoms with Gasteiger partial charge in [-0.05, 0) is 24.3 Å². The number of carboxylic acids is 1. The molecule has 1 aromatic carbocycles. The fraction of sp³-hybridized carbons (Fsp3) is 0.286. The number of hydrogen-bond donors (Lipinski definition) is 3. The molecule has 25 heavy (non-hydrogen) atoms. The molecule has 0 heterocycles. The molecule has 1 aromatic rings. The van der Waals surface area contributed by atoms with Crippen molar-refractivity contribution in [3.05, 3.63) is 42.5 Å². The quantitative estimate of drug-likeness (QED) is 0.588. The van der Waals surface area contributed by atoms with E-state index in [0.717, 1.165) is 24.3 Å². The standard InChI is InChI=1S/C14H15F3N2O5S/c1-2-7-18-25(23,24)10-5-3-9(4-6-10)12(20)19-11(13(21)22)8-14(15,16)17/h2-6,11,18H,1,7-8H2,(H,19,20)(H,21,22). The SMILES string of the molecule is C=CCNS(=O)(=O)c1ccc(C(=O)NC(CC(F)(F)F)C(=O)O)cc1. The lowest BCUT2D eigenvalue weighted by atomic mass is 10.1. The first-order valence-corrected chi connectivity index (χ1v) is 8.25. The Kier molecular flexibility index (Phi) is 6.70. The highest BCUT2D eigenvalue weighted by molar-refractivity contribution is 7.89. The van der Waals surface area contributed by atoms with E-state index in [2.05, 4.69) is 11.3 Å². The monoisotopic (exact) mass is 380 g/mol. The van der Waals surface area contributed by atoms with E-state index in [4.69, 9.17) is 5.11 Å². The second-order valence-corrected chi connectivity index (χ2v) is 6.62. The lowest BCUT2D eigenvalue weighted by Gasteiger charge is -2.16. The van der Waals surface area contributed by atoms with Gasteiger partial charge in [-0.3, -0.25) is 4.79 Å². The summed E-state index contributed by atoms with van der Waals surface area (Å²) < 4.78 is 62.8. The van der Waals surface area contributed by atoms with E-state index in [9.17, 15) is 31.2 Å². The number of alkyl halides is 3. The first-order valence-electron chi connectivity index (χ1n) is 6.77. The summed E-state index contributed by atoms with van der Waals surface area (Å²) in [5, 5.41) is 10.5. The smallest absolute Gasteiger partial charge is 0.391 e. The number of amides is 1. The van der Waals surface area contributed by atoms with Crippen LogP contribution in [0.4, 0.5) is 13.2 Å². The minimum absolute atomic E-state index is 0.0116. The third-order valence-corrected chi connectivity index (χ3v) is 4.32. The molecule has 0 aliphatic carbocycles. The molecule has 3 N–H and O–H groups in total. The van der Waals surface area contributed by atoms with Crippen LogP contribution in [0.15, 0.2) is 41.8 Å². The Labute approximate surface area is 141 Å². The summed E-state index contributed by atoms with van der Waals surface area (Å²) >= 11 is 0. The van der Waals surface area contributed by atoms with Gasteiger partial charge >= 0.3 is 12.1 Å². The Balaban J connectivity index is 2.89. The Bertz CT molecular complexity index is 745. The average molecular weight is 380 g/mol. The summed E-state index contributed by atoms with van der Waals surface area (Å²) in [7, 11) is -3.82. The zero-order valence-electron chi connectivity index (χ0n) is 12.7. The summed E-state index contributed by atoms with van der Waals surface area (Å²) in [6.45, 7) is 3.34. The van der Waals surface area contributed by atoms with Crippen molar-refractivity contribution in [3.8, 4) is 0 Å². The van der Waals surface area contributed by atoms with E-state index in [-0.39, 0.29) is 17.0 Å². The number of rotatable bonds is 8. The first-order chi connectivity index (χ1) is 11.5. The minimum Gasteiger partial charge on any atom is -0.480 e. The zero-order valence-corrected chi connectivity index (χ0v) is 13.5. The summed E-state index contributed by atoms with van der Waals surface area (Å²) in [6.07, 6.45) is -5.18. The van der Waals surface area contributed by atoms with Crippen LogP contribution in [0, 0.1) is 0 Å². The molecule has 138 valence electrons. The zero-order chi connectivity index (χ0) is 19.3. The van der Waals surface area contributed by atoms with E-state index < -0.39 is 40.5 Å². The van der Waals surface area contributed by atoms with Crippen LogP contribution in [0.5, 0.6) is 0 Å². The highest BCUT2D eigenvalue weighted by Gasteiger charge is 2.36. The first kappa shape index (κ1) is 20.6. The Morgan fingerprint density at radius 1 is 1.24 bits per heavy atom. The van der Waals surface area contributed by atoms with Gasteiger partial charge in [-0.25, -0.2) is 17.9 Å². The van der Waals surface area contributed by atoms with Crippen LogP contribution in [0.3, 0.4) is 0 Å². The normalized spacial score (nSPS) is 13.1. The van der Waals surface area contributed by atoms with E-state index in [1.807, 2.05) is 0 Å². The molecule has 0 radical (unpaired) electrons. The maximum Gasteiger partial charge on any atom is 0.391 e. The lowest BCUT2D eigenvalue weighted by Crippen LogP contribution is -2.43. The van der Waals surface area contributed by atoms with Crippen molar-refractivity contribution in [1.29, 1.82) is 0 Å². The second-order valence-electron chi connectivity index (χ2n) is 4.85. The van der Waals surface area contributed by atoms with Gasteiger partial charge in [0, 0.05) is 12.1 Å². The average Bonchev–Trinajstić information content (AvgIpc) is 2.51. The van der Waals surface area contributed by atoms with Crippen LogP contribution in [-0.2, 0) is 14.8 Å². The number of carbonyl (C=O) groups excluding carboxylic acids is 1. The summed E-state index contributed by atoms with van der Waals surface area (Å²) in [6, 6.07) is 2.11. The van der Waals surface area contributed by atoms with Crippen LogP contribution >= 0.6 is 0 Å². The van der Waals surface area contributed by atoms with Gasteiger partial charge in [0.1, 0.15) is 6.04 Å². The predicted octanol–water partition coefficient (Wildman–Crippen LogP) is 1.29. The van der Waals surface area contributed by atoms with E-state index in [1.165, 1.54) is 6.08 Å². The molecule has 0 aromatic heterocycles. The molecular formula is C14H15F3N2O5S. The van der Waals surface area contributed by atoms with Gasteiger partial charge < -0.3 is 10.4 Å². The molecule has 0 spiro atoms. The van der Waals surface area contributed by atoms with Gasteiger partial charge in [-0.15, -0.1) is 6.58 Å². The predicted molar refractivity (Wildman–Crippen MR) is 81.4 cm³/mol. The number of carboxylic acid groups (broad SMARTS) is 1. The molecular weight excluding hydrogens is 365 g/mol. The van der Waals surface area contributed by atoms with E-state index >= 15 is 0 Å². The number of benzene rings is 1. The second kappa shape index (κ2) is 8.12. The van der Waals surface area contributed by atoms with Crippen LogP contribution in [0.25, 0.3) is 0 Å². The molecule has 0 saturated carbocycles. The molecule has 1 rings (SSSR count). The van der Waals surface area contributed by atoms with Crippen LogP contribution in [-0.4, -0.2) is 44.2 Å². The van der Waals surface area contributed by atoms with Crippen molar-refractivity contribution in [1.82, 2.24) is 10.0 Å². The molecule has 1 atom stereocenters. The molecule has 1 unspecified atom stereocenters. The summed E-state index contributed by atoms with van der Waals surface area (Å²) in [4.78, 5) is 22.5. The molecule has 0 bridgehead atoms. The molecule has 0 fully saturated rings. The van der Waals surface area contributed by atoms with Crippen LogP contribution in [0.2, 0.25) is 0 Å². The fourth-order valence-corrected chi connectivity index (χ4v) is 2.71. The summed E-state index contributed by atoms with van der Waals surface area (Å²) in [5.41, 5.74) is -0.184. The lowest BCUT2D eigenvalue weighted by molar-refractivity contribution is -0.157. The number of hydrogen-bond acceptors (Lipinski definition) is 4. The van der Waals surface area contributed by atoms with Crippen molar-refractivity contribution in [2.24, 2.45) is 0 Å². The fourth-order valence-electron chi connectivity index (χ4n) is 1.71. The topological polar surface area (TPSA) is 113 Å².